The molecule has 3 atom stereocenters. The van der Waals surface area contributed by atoms with Crippen molar-refractivity contribution < 1.29 is 29.3 Å². The van der Waals surface area contributed by atoms with Gasteiger partial charge in [0.25, 0.3) is 5.91 Å². The first kappa shape index (κ1) is 59.3. The molecular weight excluding hydrogens is 1080 g/mol. The van der Waals surface area contributed by atoms with Gasteiger partial charge >= 0.3 is 6.01 Å². The Morgan fingerprint density at radius 3 is 2.42 bits per heavy atom. The van der Waals surface area contributed by atoms with Crippen LogP contribution in [0.2, 0.25) is 5.02 Å². The van der Waals surface area contributed by atoms with Gasteiger partial charge in [0.05, 0.1) is 41.4 Å². The van der Waals surface area contributed by atoms with E-state index in [4.69, 9.17) is 26.3 Å². The lowest BCUT2D eigenvalue weighted by molar-refractivity contribution is -0.128. The standard InChI is InChI=1S/C63H77ClN14O6/c1-7-56(81)77-31-30-76(37-46(77)20-24-65)58-48-23-28-75(53-15-11-13-42-12-10-14-51(64)57(42)53)38-52(48)68-63(69-58)84-39-47-32-44(36-72(47)6)67-61(82)43-21-26-74(27-22-43)35-41-16-18-45(19-17-41)78-59(50-33-49(40(4)5)54(79)34-55(50)80)70-71-60(78)62(83)66-25-29-73(8-2)9-3/h7,10-19,33-34,40,43-44,46-47,79-80H,1,8-9,20-23,25-32,35-39H2,2-6H3,(H,66,83)(H,67,82)/t44-,46?,47+/m1/s1. The van der Waals surface area contributed by atoms with Crippen LogP contribution in [-0.4, -0.2) is 176 Å². The summed E-state index contributed by atoms with van der Waals surface area (Å²) in [6.45, 7) is 20.4. The van der Waals surface area contributed by atoms with Crippen molar-refractivity contribution in [1.29, 1.82) is 5.26 Å². The number of phenolic OH excluding ortho intramolecular Hbond substituents is 2. The van der Waals surface area contributed by atoms with Crippen molar-refractivity contribution in [1.82, 2.24) is 55.0 Å². The molecule has 0 aliphatic carbocycles. The highest BCUT2D eigenvalue weighted by atomic mass is 35.5. The number of phenols is 2. The molecule has 442 valence electrons. The number of benzene rings is 4. The number of hydrogen-bond acceptors (Lipinski definition) is 16. The Morgan fingerprint density at radius 2 is 1.69 bits per heavy atom. The van der Waals surface area contributed by atoms with E-state index in [1.165, 1.54) is 12.1 Å². The lowest BCUT2D eigenvalue weighted by Gasteiger charge is -2.42. The number of likely N-dealkylation sites (tertiary alicyclic amines) is 2. The maximum Gasteiger partial charge on any atom is 0.318 e. The summed E-state index contributed by atoms with van der Waals surface area (Å²) < 4.78 is 8.21. The molecule has 6 heterocycles. The molecule has 84 heavy (non-hydrogen) atoms. The molecule has 6 aromatic rings. The fourth-order valence-corrected chi connectivity index (χ4v) is 12.7. The van der Waals surface area contributed by atoms with Crippen LogP contribution < -0.4 is 25.2 Å². The molecule has 3 amide bonds. The van der Waals surface area contributed by atoms with Crippen molar-refractivity contribution in [3.63, 3.8) is 0 Å². The number of aromatic nitrogens is 5. The number of anilines is 2. The number of carbonyl (C=O) groups excluding carboxylic acids is 3. The van der Waals surface area contributed by atoms with E-state index in [2.05, 4.69) is 97.1 Å². The maximum atomic E-state index is 13.9. The van der Waals surface area contributed by atoms with Gasteiger partial charge < -0.3 is 45.2 Å². The highest BCUT2D eigenvalue weighted by Crippen LogP contribution is 2.40. The second-order valence-electron chi connectivity index (χ2n) is 22.9. The number of hydrogen-bond donors (Lipinski definition) is 4. The number of fused-ring (bicyclic) bond motifs is 2. The first-order chi connectivity index (χ1) is 40.6. The number of halogens is 1. The van der Waals surface area contributed by atoms with Gasteiger partial charge in [-0.3, -0.25) is 28.8 Å². The van der Waals surface area contributed by atoms with E-state index >= 15 is 0 Å². The van der Waals surface area contributed by atoms with Crippen LogP contribution >= 0.6 is 11.6 Å². The highest BCUT2D eigenvalue weighted by molar-refractivity contribution is 6.36. The van der Waals surface area contributed by atoms with Crippen molar-refractivity contribution in [2.75, 3.05) is 95.4 Å². The van der Waals surface area contributed by atoms with Gasteiger partial charge in [-0.15, -0.1) is 10.2 Å². The third-order valence-corrected chi connectivity index (χ3v) is 17.6. The van der Waals surface area contributed by atoms with E-state index < -0.39 is 5.91 Å². The lowest BCUT2D eigenvalue weighted by Crippen LogP contribution is -2.55. The minimum atomic E-state index is -0.392. The van der Waals surface area contributed by atoms with Gasteiger partial charge in [0.1, 0.15) is 23.9 Å². The van der Waals surface area contributed by atoms with E-state index in [-0.39, 0.29) is 77.4 Å². The molecule has 0 spiro atoms. The average molecular weight is 1160 g/mol. The molecule has 0 saturated carbocycles. The first-order valence-corrected chi connectivity index (χ1v) is 29.9. The van der Waals surface area contributed by atoms with Crippen LogP contribution in [0, 0.1) is 17.2 Å². The number of piperidine rings is 1. The van der Waals surface area contributed by atoms with E-state index in [0.29, 0.717) is 100 Å². The predicted octanol–water partition coefficient (Wildman–Crippen LogP) is 7.30. The number of amides is 3. The monoisotopic (exact) mass is 1160 g/mol. The van der Waals surface area contributed by atoms with Gasteiger partial charge in [-0.25, -0.2) is 0 Å². The number of piperazine rings is 1. The smallest absolute Gasteiger partial charge is 0.318 e. The summed E-state index contributed by atoms with van der Waals surface area (Å²) in [5.74, 6) is 0.243. The molecule has 0 bridgehead atoms. The molecule has 4 aromatic carbocycles. The van der Waals surface area contributed by atoms with E-state index in [0.717, 1.165) is 78.1 Å². The van der Waals surface area contributed by atoms with Crippen LogP contribution in [0.25, 0.3) is 27.8 Å². The highest BCUT2D eigenvalue weighted by Gasteiger charge is 2.37. The second kappa shape index (κ2) is 26.4. The third-order valence-electron chi connectivity index (χ3n) is 17.2. The van der Waals surface area contributed by atoms with Crippen LogP contribution in [0.4, 0.5) is 11.5 Å². The molecular formula is C63H77ClN14O6. The zero-order valence-electron chi connectivity index (χ0n) is 48.8. The molecule has 10 rings (SSSR count). The van der Waals surface area contributed by atoms with Gasteiger partial charge in [0, 0.05) is 98.8 Å². The minimum Gasteiger partial charge on any atom is -0.508 e. The topological polar surface area (TPSA) is 225 Å². The Balaban J connectivity index is 0.769. The van der Waals surface area contributed by atoms with Gasteiger partial charge in [0.15, 0.2) is 5.82 Å². The molecule has 20 nitrogen and oxygen atoms in total. The van der Waals surface area contributed by atoms with E-state index in [9.17, 15) is 29.9 Å². The van der Waals surface area contributed by atoms with Crippen molar-refractivity contribution >= 4 is 51.6 Å². The molecule has 4 aliphatic heterocycles. The molecule has 2 aromatic heterocycles. The first-order valence-electron chi connectivity index (χ1n) is 29.5. The van der Waals surface area contributed by atoms with Crippen LogP contribution in [0.3, 0.4) is 0 Å². The Kier molecular flexibility index (Phi) is 18.6. The lowest BCUT2D eigenvalue weighted by atomic mass is 9.95. The Hall–Kier alpha value is -7.83. The summed E-state index contributed by atoms with van der Waals surface area (Å²) in [4.78, 5) is 63.7. The minimum absolute atomic E-state index is 0.00457. The predicted molar refractivity (Wildman–Crippen MR) is 325 cm³/mol. The quantitative estimate of drug-likeness (QED) is 0.0551. The fourth-order valence-electron chi connectivity index (χ4n) is 12.5. The van der Waals surface area contributed by atoms with Gasteiger partial charge in [0.2, 0.25) is 17.6 Å². The van der Waals surface area contributed by atoms with Gasteiger partial charge in [-0.05, 0) is 118 Å². The largest absolute Gasteiger partial charge is 0.508 e. The summed E-state index contributed by atoms with van der Waals surface area (Å²) in [5.41, 5.74) is 5.59. The van der Waals surface area contributed by atoms with Crippen LogP contribution in [-0.2, 0) is 29.1 Å². The molecule has 4 aliphatic rings. The van der Waals surface area contributed by atoms with E-state index in [1.54, 1.807) is 15.5 Å². The maximum absolute atomic E-state index is 13.9. The fraction of sp³-hybridized carbons (Fsp3) is 0.460. The summed E-state index contributed by atoms with van der Waals surface area (Å²) in [6.07, 6.45) is 4.32. The second-order valence-corrected chi connectivity index (χ2v) is 23.3. The van der Waals surface area contributed by atoms with Crippen molar-refractivity contribution in [2.45, 2.75) is 96.9 Å². The normalized spacial score (nSPS) is 18.8. The van der Waals surface area contributed by atoms with Crippen molar-refractivity contribution in [3.05, 3.63) is 119 Å². The zero-order chi connectivity index (χ0) is 59.2. The molecule has 4 N–H and O–H groups in total. The number of likely N-dealkylation sites (N-methyl/N-ethyl adjacent to an activating group) is 2. The number of carbonyl (C=O) groups is 3. The van der Waals surface area contributed by atoms with Crippen LogP contribution in [0.15, 0.2) is 85.5 Å². The number of nitriles is 1. The van der Waals surface area contributed by atoms with Crippen LogP contribution in [0.5, 0.6) is 17.5 Å². The number of rotatable bonds is 20. The summed E-state index contributed by atoms with van der Waals surface area (Å²) in [7, 11) is 2.05. The molecule has 1 unspecified atom stereocenters. The number of nitrogens with zero attached hydrogens (tertiary/aromatic N) is 12. The van der Waals surface area contributed by atoms with Gasteiger partial charge in [-0.1, -0.05) is 82.3 Å². The van der Waals surface area contributed by atoms with Crippen molar-refractivity contribution in [3.8, 4) is 40.7 Å². The van der Waals surface area contributed by atoms with Crippen molar-refractivity contribution in [2.24, 2.45) is 5.92 Å². The van der Waals surface area contributed by atoms with Gasteiger partial charge in [-0.2, -0.15) is 15.2 Å². The molecule has 0 radical (unpaired) electrons. The number of ether oxygens (including phenoxy) is 1. The molecule has 3 saturated heterocycles. The zero-order valence-corrected chi connectivity index (χ0v) is 49.6. The molecule has 3 fully saturated rings. The van der Waals surface area contributed by atoms with E-state index in [1.807, 2.05) is 56.3 Å². The third kappa shape index (κ3) is 12.9. The number of nitrogens with one attached hydrogen (secondary N) is 2. The summed E-state index contributed by atoms with van der Waals surface area (Å²) >= 11 is 6.83. The average Bonchev–Trinajstić information content (AvgIpc) is 2.37. The Morgan fingerprint density at radius 1 is 0.929 bits per heavy atom. The van der Waals surface area contributed by atoms with Crippen LogP contribution in [0.1, 0.15) is 92.3 Å². The summed E-state index contributed by atoms with van der Waals surface area (Å²) in [6, 6.07) is 25.2. The Bertz CT molecular complexity index is 3410. The SMILES string of the molecule is C=CC(=O)N1CCN(c2nc(OC[C@@H]3C[C@@H](NC(=O)C4CCN(Cc5ccc(-n6c(C(=O)NCCN(CC)CC)nnc6-c6cc(C(C)C)c(O)cc6O)cc5)CC4)CN3C)nc3c2CCN(c2cccc4cccc(Cl)c24)C3)CC1CC#N. The number of aromatic hydroxyl groups is 2. The summed E-state index contributed by atoms with van der Waals surface area (Å²) in [5, 5.41) is 49.4. The Labute approximate surface area is 496 Å². The molecule has 21 heteroatoms.